The Morgan fingerprint density at radius 3 is 1.77 bits per heavy atom. The van der Waals surface area contributed by atoms with Crippen molar-refractivity contribution in [2.75, 3.05) is 6.61 Å². The van der Waals surface area contributed by atoms with Crippen molar-refractivity contribution in [2.24, 2.45) is 5.73 Å². The van der Waals surface area contributed by atoms with Crippen molar-refractivity contribution in [2.45, 2.75) is 44.2 Å². The molecule has 2 N–H and O–H groups in total. The molecule has 2 unspecified atom stereocenters. The zero-order chi connectivity index (χ0) is 26.9. The second-order valence-corrected chi connectivity index (χ2v) is 9.61. The number of primary amides is 1. The van der Waals surface area contributed by atoms with Crippen LogP contribution in [0.25, 0.3) is 0 Å². The van der Waals surface area contributed by atoms with Gasteiger partial charge in [0.05, 0.1) is 26.4 Å². The van der Waals surface area contributed by atoms with E-state index in [1.54, 1.807) is 12.1 Å². The molecule has 5 rings (SSSR count). The fraction of sp³-hybridized carbons (Fsp3) is 0.242. The minimum Gasteiger partial charge on any atom is -0.374 e. The Labute approximate surface area is 229 Å². The van der Waals surface area contributed by atoms with Gasteiger partial charge in [-0.15, -0.1) is 0 Å². The van der Waals surface area contributed by atoms with Crippen LogP contribution >= 0.6 is 0 Å². The molecule has 0 saturated carbocycles. The molecule has 6 heteroatoms. The second kappa shape index (κ2) is 13.3. The minimum atomic E-state index is -0.490. The smallest absolute Gasteiger partial charge is 0.248 e. The van der Waals surface area contributed by atoms with Crippen LogP contribution in [-0.2, 0) is 38.8 Å². The first-order valence-corrected chi connectivity index (χ1v) is 13.2. The first-order chi connectivity index (χ1) is 19.2. The molecular weight excluding hydrogens is 490 g/mol. The van der Waals surface area contributed by atoms with E-state index >= 15 is 0 Å². The van der Waals surface area contributed by atoms with Gasteiger partial charge in [0.15, 0.2) is 0 Å². The third-order valence-electron chi connectivity index (χ3n) is 6.77. The summed E-state index contributed by atoms with van der Waals surface area (Å²) in [6.45, 7) is 1.59. The largest absolute Gasteiger partial charge is 0.374 e. The maximum atomic E-state index is 11.9. The van der Waals surface area contributed by atoms with E-state index in [9.17, 15) is 4.79 Å². The summed E-state index contributed by atoms with van der Waals surface area (Å²) in [7, 11) is 0. The molecule has 1 aliphatic rings. The van der Waals surface area contributed by atoms with Crippen molar-refractivity contribution in [1.82, 2.24) is 0 Å². The Kier molecular flexibility index (Phi) is 9.14. The van der Waals surface area contributed by atoms with E-state index in [-0.39, 0.29) is 6.10 Å². The van der Waals surface area contributed by atoms with Crippen LogP contribution in [0.4, 0.5) is 0 Å². The number of nitrogens with two attached hydrogens (primary N) is 1. The second-order valence-electron chi connectivity index (χ2n) is 9.61. The first-order valence-electron chi connectivity index (χ1n) is 13.2. The van der Waals surface area contributed by atoms with Crippen molar-refractivity contribution in [3.8, 4) is 0 Å². The van der Waals surface area contributed by atoms with Gasteiger partial charge in [-0.2, -0.15) is 0 Å². The number of ether oxygens (including phenoxy) is 4. The summed E-state index contributed by atoms with van der Waals surface area (Å²) >= 11 is 0. The molecule has 0 spiro atoms. The topological polar surface area (TPSA) is 80.0 Å². The number of amides is 1. The Hall–Kier alpha value is -3.81. The summed E-state index contributed by atoms with van der Waals surface area (Å²) in [4.78, 5) is 11.9. The van der Waals surface area contributed by atoms with Gasteiger partial charge in [-0.1, -0.05) is 103 Å². The summed E-state index contributed by atoms with van der Waals surface area (Å²) in [5.74, 6) is -0.490. The molecule has 0 radical (unpaired) electrons. The summed E-state index contributed by atoms with van der Waals surface area (Å²) in [6.07, 6.45) is -1.71. The molecule has 0 aromatic heterocycles. The first kappa shape index (κ1) is 26.8. The number of rotatable bonds is 12. The number of hydrogen-bond donors (Lipinski definition) is 1. The van der Waals surface area contributed by atoms with Crippen molar-refractivity contribution < 1.29 is 23.7 Å². The lowest BCUT2D eigenvalue weighted by Crippen LogP contribution is -2.37. The lowest BCUT2D eigenvalue weighted by molar-refractivity contribution is -0.0898. The molecule has 0 aliphatic carbocycles. The van der Waals surface area contributed by atoms with E-state index in [0.717, 1.165) is 22.3 Å². The maximum absolute atomic E-state index is 11.9. The molecule has 6 nitrogen and oxygen atoms in total. The van der Waals surface area contributed by atoms with Gasteiger partial charge in [-0.25, -0.2) is 0 Å². The van der Waals surface area contributed by atoms with E-state index < -0.39 is 24.2 Å². The molecule has 1 saturated heterocycles. The van der Waals surface area contributed by atoms with Crippen LogP contribution in [0.15, 0.2) is 115 Å². The maximum Gasteiger partial charge on any atom is 0.248 e. The number of carbonyl (C=O) groups is 1. The van der Waals surface area contributed by atoms with Gasteiger partial charge in [-0.05, 0) is 34.4 Å². The third-order valence-corrected chi connectivity index (χ3v) is 6.77. The lowest BCUT2D eigenvalue weighted by atomic mass is 9.99. The average Bonchev–Trinajstić information content (AvgIpc) is 3.33. The van der Waals surface area contributed by atoms with Gasteiger partial charge < -0.3 is 24.7 Å². The highest BCUT2D eigenvalue weighted by atomic mass is 16.6. The molecule has 39 heavy (non-hydrogen) atoms. The summed E-state index contributed by atoms with van der Waals surface area (Å²) in [5, 5.41) is 0. The van der Waals surface area contributed by atoms with Crippen LogP contribution in [0, 0.1) is 0 Å². The number of hydrogen-bond acceptors (Lipinski definition) is 5. The molecule has 4 atom stereocenters. The van der Waals surface area contributed by atoms with Crippen LogP contribution in [0.3, 0.4) is 0 Å². The fourth-order valence-electron chi connectivity index (χ4n) is 4.78. The van der Waals surface area contributed by atoms with E-state index in [1.807, 2.05) is 103 Å². The predicted octanol–water partition coefficient (Wildman–Crippen LogP) is 5.61. The third kappa shape index (κ3) is 7.19. The molecule has 4 aromatic carbocycles. The van der Waals surface area contributed by atoms with E-state index in [0.29, 0.717) is 32.0 Å². The average molecular weight is 524 g/mol. The van der Waals surface area contributed by atoms with E-state index in [4.69, 9.17) is 24.7 Å². The minimum absolute atomic E-state index is 0.325. The summed E-state index contributed by atoms with van der Waals surface area (Å²) < 4.78 is 25.7. The van der Waals surface area contributed by atoms with Gasteiger partial charge in [-0.3, -0.25) is 4.79 Å². The van der Waals surface area contributed by atoms with Crippen molar-refractivity contribution in [3.63, 3.8) is 0 Å². The van der Waals surface area contributed by atoms with Gasteiger partial charge in [0.2, 0.25) is 5.91 Å². The molecular formula is C33H33NO5. The molecule has 1 fully saturated rings. The molecule has 200 valence electrons. The monoisotopic (exact) mass is 523 g/mol. The fourth-order valence-corrected chi connectivity index (χ4v) is 4.78. The SMILES string of the molecule is NC(=O)c1cccc([C@H]2O[C@@H](COCc3ccccc3)C(OCc3ccccc3)C2OCc2ccccc2)c1. The van der Waals surface area contributed by atoms with E-state index in [2.05, 4.69) is 0 Å². The van der Waals surface area contributed by atoms with Crippen LogP contribution in [0.1, 0.15) is 38.7 Å². The van der Waals surface area contributed by atoms with Crippen molar-refractivity contribution in [3.05, 3.63) is 143 Å². The van der Waals surface area contributed by atoms with Crippen LogP contribution in [-0.4, -0.2) is 30.8 Å². The Bertz CT molecular complexity index is 1320. The van der Waals surface area contributed by atoms with Gasteiger partial charge >= 0.3 is 0 Å². The highest BCUT2D eigenvalue weighted by Gasteiger charge is 2.47. The number of benzene rings is 4. The highest BCUT2D eigenvalue weighted by Crippen LogP contribution is 2.38. The van der Waals surface area contributed by atoms with Gasteiger partial charge in [0, 0.05) is 5.56 Å². The van der Waals surface area contributed by atoms with Crippen LogP contribution < -0.4 is 5.73 Å². The normalized spacial score (nSPS) is 20.6. The molecule has 1 heterocycles. The standard InChI is InChI=1S/C33H33NO5/c34-33(35)28-18-10-17-27(19-28)30-32(38-22-26-15-8-3-9-16-26)31(37-21-25-13-6-2-7-14-25)29(39-30)23-36-20-24-11-4-1-5-12-24/h1-19,29-32H,20-23H2,(H2,34,35)/t29-,30+,31?,32?/m0/s1. The Balaban J connectivity index is 1.40. The van der Waals surface area contributed by atoms with Crippen LogP contribution in [0.2, 0.25) is 0 Å². The highest BCUT2D eigenvalue weighted by molar-refractivity contribution is 5.92. The summed E-state index contributed by atoms with van der Waals surface area (Å²) in [5.41, 5.74) is 10.0. The zero-order valence-electron chi connectivity index (χ0n) is 21.7. The molecule has 1 amide bonds. The molecule has 0 bridgehead atoms. The molecule has 1 aliphatic heterocycles. The Morgan fingerprint density at radius 2 is 1.21 bits per heavy atom. The van der Waals surface area contributed by atoms with Crippen molar-refractivity contribution >= 4 is 5.91 Å². The van der Waals surface area contributed by atoms with Gasteiger partial charge in [0.25, 0.3) is 0 Å². The van der Waals surface area contributed by atoms with Crippen LogP contribution in [0.5, 0.6) is 0 Å². The van der Waals surface area contributed by atoms with Gasteiger partial charge in [0.1, 0.15) is 24.4 Å². The summed E-state index contributed by atoms with van der Waals surface area (Å²) in [6, 6.07) is 37.3. The Morgan fingerprint density at radius 1 is 0.667 bits per heavy atom. The zero-order valence-corrected chi connectivity index (χ0v) is 21.7. The molecule has 4 aromatic rings. The van der Waals surface area contributed by atoms with E-state index in [1.165, 1.54) is 0 Å². The lowest BCUT2D eigenvalue weighted by Gasteiger charge is -2.25. The quantitative estimate of drug-likeness (QED) is 0.261. The van der Waals surface area contributed by atoms with Crippen molar-refractivity contribution in [1.29, 1.82) is 0 Å². The predicted molar refractivity (Wildman–Crippen MR) is 149 cm³/mol. The number of carbonyl (C=O) groups excluding carboxylic acids is 1.